The minimum atomic E-state index is 0.0422. The van der Waals surface area contributed by atoms with Gasteiger partial charge >= 0.3 is 0 Å². The molecule has 0 N–H and O–H groups in total. The van der Waals surface area contributed by atoms with Crippen molar-refractivity contribution in [2.75, 3.05) is 0 Å². The molecule has 84 valence electrons. The molecule has 0 aliphatic heterocycles. The van der Waals surface area contributed by atoms with Crippen LogP contribution in [0.3, 0.4) is 0 Å². The van der Waals surface area contributed by atoms with E-state index in [4.69, 9.17) is 0 Å². The van der Waals surface area contributed by atoms with Crippen LogP contribution in [0.4, 0.5) is 0 Å². The third-order valence-electron chi connectivity index (χ3n) is 3.45. The first-order chi connectivity index (χ1) is 7.50. The first-order valence-electron chi connectivity index (χ1n) is 5.80. The van der Waals surface area contributed by atoms with Crippen molar-refractivity contribution < 1.29 is 4.79 Å². The van der Waals surface area contributed by atoms with E-state index < -0.39 is 0 Å². The van der Waals surface area contributed by atoms with Crippen molar-refractivity contribution in [1.82, 2.24) is 0 Å². The summed E-state index contributed by atoms with van der Waals surface area (Å²) < 4.78 is 0. The molecule has 0 heterocycles. The molecule has 0 saturated heterocycles. The van der Waals surface area contributed by atoms with Gasteiger partial charge in [-0.15, -0.1) is 0 Å². The Kier molecular flexibility index (Phi) is 2.71. The highest BCUT2D eigenvalue weighted by Gasteiger charge is 2.30. The van der Waals surface area contributed by atoms with E-state index in [2.05, 4.69) is 39.8 Å². The zero-order valence-corrected chi connectivity index (χ0v) is 10.4. The van der Waals surface area contributed by atoms with E-state index in [0.29, 0.717) is 5.92 Å². The molecule has 2 atom stereocenters. The molecule has 2 rings (SSSR count). The number of hydrogen-bond donors (Lipinski definition) is 0. The van der Waals surface area contributed by atoms with Gasteiger partial charge in [0.15, 0.2) is 5.78 Å². The molecule has 1 aromatic rings. The summed E-state index contributed by atoms with van der Waals surface area (Å²) in [6.45, 7) is 8.42. The van der Waals surface area contributed by atoms with Crippen molar-refractivity contribution in [2.45, 2.75) is 33.6 Å². The molecular formula is C15H18O. The molecule has 1 aromatic carbocycles. The average Bonchev–Trinajstić information content (AvgIpc) is 2.47. The monoisotopic (exact) mass is 214 g/mol. The lowest BCUT2D eigenvalue weighted by Gasteiger charge is -2.20. The van der Waals surface area contributed by atoms with Gasteiger partial charge in [0.1, 0.15) is 0 Å². The first-order valence-corrected chi connectivity index (χ1v) is 5.80. The van der Waals surface area contributed by atoms with Gasteiger partial charge in [0.25, 0.3) is 0 Å². The molecule has 2 unspecified atom stereocenters. The lowest BCUT2D eigenvalue weighted by atomic mass is 9.83. The molecule has 0 saturated carbocycles. The zero-order chi connectivity index (χ0) is 11.9. The van der Waals surface area contributed by atoms with Crippen molar-refractivity contribution in [3.8, 4) is 0 Å². The smallest absolute Gasteiger partial charge is 0.163 e. The summed E-state index contributed by atoms with van der Waals surface area (Å²) in [6.07, 6.45) is 3.75. The Morgan fingerprint density at radius 1 is 1.06 bits per heavy atom. The maximum Gasteiger partial charge on any atom is 0.163 e. The van der Waals surface area contributed by atoms with Crippen LogP contribution in [-0.4, -0.2) is 5.78 Å². The van der Waals surface area contributed by atoms with E-state index >= 15 is 0 Å². The summed E-state index contributed by atoms with van der Waals surface area (Å²) >= 11 is 0. The van der Waals surface area contributed by atoms with Gasteiger partial charge in [0.2, 0.25) is 0 Å². The number of hydrogen-bond acceptors (Lipinski definition) is 1. The standard InChI is InChI=1S/C15H18O/c1-9-7-11(3)14(12(4)8-9)15-10(2)5-6-13(15)16/h5-8,10,15H,1-4H3. The van der Waals surface area contributed by atoms with Crippen LogP contribution in [-0.2, 0) is 4.79 Å². The Hall–Kier alpha value is -1.37. The summed E-state index contributed by atoms with van der Waals surface area (Å²) in [5.41, 5.74) is 4.98. The molecule has 0 radical (unpaired) electrons. The zero-order valence-electron chi connectivity index (χ0n) is 10.4. The van der Waals surface area contributed by atoms with E-state index in [-0.39, 0.29) is 11.7 Å². The highest BCUT2D eigenvalue weighted by atomic mass is 16.1. The van der Waals surface area contributed by atoms with Crippen molar-refractivity contribution in [2.24, 2.45) is 5.92 Å². The van der Waals surface area contributed by atoms with Crippen LogP contribution in [0.25, 0.3) is 0 Å². The van der Waals surface area contributed by atoms with Crippen LogP contribution in [0.2, 0.25) is 0 Å². The van der Waals surface area contributed by atoms with Gasteiger partial charge in [-0.2, -0.15) is 0 Å². The second-order valence-electron chi connectivity index (χ2n) is 4.91. The average molecular weight is 214 g/mol. The van der Waals surface area contributed by atoms with Gasteiger partial charge in [-0.3, -0.25) is 4.79 Å². The van der Waals surface area contributed by atoms with Crippen LogP contribution in [0, 0.1) is 26.7 Å². The minimum Gasteiger partial charge on any atom is -0.294 e. The third kappa shape index (κ3) is 1.71. The Morgan fingerprint density at radius 2 is 1.62 bits per heavy atom. The summed E-state index contributed by atoms with van der Waals surface area (Å²) in [5, 5.41) is 0. The third-order valence-corrected chi connectivity index (χ3v) is 3.45. The maximum absolute atomic E-state index is 11.9. The molecular weight excluding hydrogens is 196 g/mol. The number of rotatable bonds is 1. The highest BCUT2D eigenvalue weighted by molar-refractivity contribution is 5.98. The topological polar surface area (TPSA) is 17.1 Å². The fraction of sp³-hybridized carbons (Fsp3) is 0.400. The minimum absolute atomic E-state index is 0.0422. The normalized spacial score (nSPS) is 24.1. The highest BCUT2D eigenvalue weighted by Crippen LogP contribution is 2.35. The van der Waals surface area contributed by atoms with Crippen molar-refractivity contribution in [1.29, 1.82) is 0 Å². The summed E-state index contributed by atoms with van der Waals surface area (Å²) in [7, 11) is 0. The molecule has 1 aliphatic rings. The van der Waals surface area contributed by atoms with Crippen molar-refractivity contribution in [3.05, 3.63) is 46.5 Å². The summed E-state index contributed by atoms with van der Waals surface area (Å²) in [6, 6.07) is 4.33. The van der Waals surface area contributed by atoms with Gasteiger partial charge in [0, 0.05) is 0 Å². The number of aryl methyl sites for hydroxylation is 3. The fourth-order valence-electron chi connectivity index (χ4n) is 2.81. The molecule has 16 heavy (non-hydrogen) atoms. The largest absolute Gasteiger partial charge is 0.294 e. The van der Waals surface area contributed by atoms with Crippen LogP contribution in [0.1, 0.15) is 35.1 Å². The second kappa shape index (κ2) is 3.89. The van der Waals surface area contributed by atoms with E-state index in [1.807, 2.05) is 6.08 Å². The van der Waals surface area contributed by atoms with Gasteiger partial charge in [-0.1, -0.05) is 30.7 Å². The van der Waals surface area contributed by atoms with E-state index in [9.17, 15) is 4.79 Å². The van der Waals surface area contributed by atoms with Gasteiger partial charge in [-0.25, -0.2) is 0 Å². The number of allylic oxidation sites excluding steroid dienone is 2. The Bertz CT molecular complexity index is 445. The molecule has 1 aliphatic carbocycles. The van der Waals surface area contributed by atoms with E-state index in [1.54, 1.807) is 6.08 Å². The SMILES string of the molecule is Cc1cc(C)c(C2C(=O)C=CC2C)c(C)c1. The summed E-state index contributed by atoms with van der Waals surface area (Å²) in [5.74, 6) is 0.621. The van der Waals surface area contributed by atoms with Gasteiger partial charge < -0.3 is 0 Å². The first kappa shape index (κ1) is 11.1. The van der Waals surface area contributed by atoms with Gasteiger partial charge in [0.05, 0.1) is 5.92 Å². The molecule has 0 spiro atoms. The molecule has 1 nitrogen and oxygen atoms in total. The summed E-state index contributed by atoms with van der Waals surface area (Å²) in [4.78, 5) is 11.9. The fourth-order valence-corrected chi connectivity index (χ4v) is 2.81. The van der Waals surface area contributed by atoms with Crippen molar-refractivity contribution >= 4 is 5.78 Å². The number of ketones is 1. The predicted octanol–water partition coefficient (Wildman–Crippen LogP) is 3.47. The predicted molar refractivity (Wildman–Crippen MR) is 66.7 cm³/mol. The van der Waals surface area contributed by atoms with E-state index in [1.165, 1.54) is 22.3 Å². The molecule has 0 fully saturated rings. The lowest BCUT2D eigenvalue weighted by molar-refractivity contribution is -0.115. The molecule has 0 bridgehead atoms. The Balaban J connectivity index is 2.53. The lowest BCUT2D eigenvalue weighted by Crippen LogP contribution is -2.14. The Morgan fingerprint density at radius 3 is 2.06 bits per heavy atom. The molecule has 1 heteroatoms. The number of benzene rings is 1. The van der Waals surface area contributed by atoms with Crippen molar-refractivity contribution in [3.63, 3.8) is 0 Å². The molecule has 0 amide bonds. The van der Waals surface area contributed by atoms with Crippen LogP contribution >= 0.6 is 0 Å². The maximum atomic E-state index is 11.9. The number of carbonyl (C=O) groups excluding carboxylic acids is 1. The van der Waals surface area contributed by atoms with E-state index in [0.717, 1.165) is 0 Å². The van der Waals surface area contributed by atoms with Crippen LogP contribution in [0.5, 0.6) is 0 Å². The Labute approximate surface area is 97.2 Å². The number of carbonyl (C=O) groups is 1. The van der Waals surface area contributed by atoms with Gasteiger partial charge in [-0.05, 0) is 49.5 Å². The quantitative estimate of drug-likeness (QED) is 0.699. The van der Waals surface area contributed by atoms with Crippen LogP contribution < -0.4 is 0 Å². The molecule has 0 aromatic heterocycles. The second-order valence-corrected chi connectivity index (χ2v) is 4.91. The van der Waals surface area contributed by atoms with Crippen LogP contribution in [0.15, 0.2) is 24.3 Å².